The van der Waals surface area contributed by atoms with Gasteiger partial charge in [-0.1, -0.05) is 30.3 Å². The summed E-state index contributed by atoms with van der Waals surface area (Å²) in [6, 6.07) is 20.2. The molecule has 0 aliphatic carbocycles. The van der Waals surface area contributed by atoms with Crippen LogP contribution in [-0.2, 0) is 13.0 Å². The second-order valence-electron chi connectivity index (χ2n) is 5.89. The number of hydrogen-bond acceptors (Lipinski definition) is 1. The Kier molecular flexibility index (Phi) is 3.46. The standard InChI is InChI=1S/C20H18N2O/c23-20(22-13-10-16-6-1-2-7-18(16)15-22)17-8-5-9-19(14-17)21-11-3-4-12-21/h1-9,11-12,14H,10,13,15H2. The average molecular weight is 302 g/mol. The fraction of sp³-hybridized carbons (Fsp3) is 0.150. The highest BCUT2D eigenvalue weighted by Gasteiger charge is 2.21. The van der Waals surface area contributed by atoms with Crippen LogP contribution in [0.1, 0.15) is 21.5 Å². The number of nitrogens with zero attached hydrogens (tertiary/aromatic N) is 2. The zero-order valence-electron chi connectivity index (χ0n) is 12.9. The summed E-state index contributed by atoms with van der Waals surface area (Å²) in [5.74, 6) is 0.105. The van der Waals surface area contributed by atoms with Gasteiger partial charge < -0.3 is 9.47 Å². The molecule has 0 bridgehead atoms. The Hall–Kier alpha value is -2.81. The van der Waals surface area contributed by atoms with Crippen molar-refractivity contribution in [1.29, 1.82) is 0 Å². The molecule has 2 heterocycles. The summed E-state index contributed by atoms with van der Waals surface area (Å²) in [7, 11) is 0. The van der Waals surface area contributed by atoms with E-state index in [4.69, 9.17) is 0 Å². The monoisotopic (exact) mass is 302 g/mol. The van der Waals surface area contributed by atoms with Crippen LogP contribution in [0.25, 0.3) is 5.69 Å². The molecule has 23 heavy (non-hydrogen) atoms. The summed E-state index contributed by atoms with van der Waals surface area (Å²) in [5, 5.41) is 0. The van der Waals surface area contributed by atoms with Gasteiger partial charge in [-0.3, -0.25) is 4.79 Å². The van der Waals surface area contributed by atoms with Gasteiger partial charge in [-0.15, -0.1) is 0 Å². The van der Waals surface area contributed by atoms with Gasteiger partial charge in [0, 0.05) is 36.7 Å². The predicted molar refractivity (Wildman–Crippen MR) is 90.7 cm³/mol. The first-order valence-electron chi connectivity index (χ1n) is 7.91. The Balaban J connectivity index is 1.59. The maximum absolute atomic E-state index is 12.8. The lowest BCUT2D eigenvalue weighted by Crippen LogP contribution is -2.35. The normalized spacial score (nSPS) is 13.7. The number of aromatic nitrogens is 1. The van der Waals surface area contributed by atoms with Crippen molar-refractivity contribution in [3.63, 3.8) is 0 Å². The third-order valence-corrected chi connectivity index (χ3v) is 4.41. The molecular formula is C20H18N2O. The molecule has 2 aromatic carbocycles. The highest BCUT2D eigenvalue weighted by molar-refractivity contribution is 5.94. The predicted octanol–water partition coefficient (Wildman–Crippen LogP) is 3.68. The van der Waals surface area contributed by atoms with Crippen LogP contribution in [0.15, 0.2) is 73.1 Å². The summed E-state index contributed by atoms with van der Waals surface area (Å²) in [4.78, 5) is 14.8. The van der Waals surface area contributed by atoms with Crippen LogP contribution in [0.5, 0.6) is 0 Å². The van der Waals surface area contributed by atoms with Gasteiger partial charge in [0.25, 0.3) is 5.91 Å². The van der Waals surface area contributed by atoms with Crippen molar-refractivity contribution in [2.45, 2.75) is 13.0 Å². The Morgan fingerprint density at radius 3 is 2.48 bits per heavy atom. The second-order valence-corrected chi connectivity index (χ2v) is 5.89. The molecule has 114 valence electrons. The number of hydrogen-bond donors (Lipinski definition) is 0. The molecule has 0 fully saturated rings. The number of carbonyl (C=O) groups is 1. The first-order valence-corrected chi connectivity index (χ1v) is 7.91. The lowest BCUT2D eigenvalue weighted by molar-refractivity contribution is 0.0734. The molecule has 3 nitrogen and oxygen atoms in total. The fourth-order valence-electron chi connectivity index (χ4n) is 3.16. The van der Waals surface area contributed by atoms with Crippen molar-refractivity contribution in [2.75, 3.05) is 6.54 Å². The molecule has 0 radical (unpaired) electrons. The Morgan fingerprint density at radius 2 is 1.65 bits per heavy atom. The van der Waals surface area contributed by atoms with E-state index in [0.29, 0.717) is 6.54 Å². The summed E-state index contributed by atoms with van der Waals surface area (Å²) in [6.07, 6.45) is 4.90. The van der Waals surface area contributed by atoms with Gasteiger partial charge in [0.15, 0.2) is 0 Å². The van der Waals surface area contributed by atoms with Gasteiger partial charge in [-0.05, 0) is 47.9 Å². The highest BCUT2D eigenvalue weighted by atomic mass is 16.2. The fourth-order valence-corrected chi connectivity index (χ4v) is 3.16. The molecule has 0 N–H and O–H groups in total. The van der Waals surface area contributed by atoms with Crippen molar-refractivity contribution in [2.24, 2.45) is 0 Å². The van der Waals surface area contributed by atoms with Gasteiger partial charge in [-0.2, -0.15) is 0 Å². The molecular weight excluding hydrogens is 284 g/mol. The quantitative estimate of drug-likeness (QED) is 0.709. The molecule has 0 unspecified atom stereocenters. The Bertz CT molecular complexity index is 836. The number of rotatable bonds is 2. The number of fused-ring (bicyclic) bond motifs is 1. The SMILES string of the molecule is O=C(c1cccc(-n2cccc2)c1)N1CCc2ccccc2C1. The topological polar surface area (TPSA) is 25.2 Å². The van der Waals surface area contributed by atoms with E-state index in [-0.39, 0.29) is 5.91 Å². The van der Waals surface area contributed by atoms with E-state index in [1.165, 1.54) is 11.1 Å². The van der Waals surface area contributed by atoms with Crippen LogP contribution >= 0.6 is 0 Å². The summed E-state index contributed by atoms with van der Waals surface area (Å²) < 4.78 is 2.02. The second kappa shape index (κ2) is 5.76. The summed E-state index contributed by atoms with van der Waals surface area (Å²) in [5.41, 5.74) is 4.38. The van der Waals surface area contributed by atoms with E-state index in [2.05, 4.69) is 18.2 Å². The number of carbonyl (C=O) groups excluding carboxylic acids is 1. The Morgan fingerprint density at radius 1 is 0.870 bits per heavy atom. The molecule has 1 aromatic heterocycles. The minimum absolute atomic E-state index is 0.105. The molecule has 3 heteroatoms. The highest BCUT2D eigenvalue weighted by Crippen LogP contribution is 2.21. The molecule has 1 amide bonds. The van der Waals surface area contributed by atoms with E-state index in [1.807, 2.05) is 64.3 Å². The van der Waals surface area contributed by atoms with Crippen molar-refractivity contribution < 1.29 is 4.79 Å². The molecule has 4 rings (SSSR count). The molecule has 3 aromatic rings. The van der Waals surface area contributed by atoms with Gasteiger partial charge in [0.1, 0.15) is 0 Å². The van der Waals surface area contributed by atoms with Crippen molar-refractivity contribution >= 4 is 5.91 Å². The van der Waals surface area contributed by atoms with Crippen LogP contribution in [0.4, 0.5) is 0 Å². The van der Waals surface area contributed by atoms with E-state index in [1.54, 1.807) is 0 Å². The first-order chi connectivity index (χ1) is 11.3. The van der Waals surface area contributed by atoms with Crippen LogP contribution < -0.4 is 0 Å². The van der Waals surface area contributed by atoms with E-state index in [9.17, 15) is 4.79 Å². The number of benzene rings is 2. The molecule has 0 spiro atoms. The van der Waals surface area contributed by atoms with Crippen molar-refractivity contribution in [3.05, 3.63) is 89.7 Å². The summed E-state index contributed by atoms with van der Waals surface area (Å²) >= 11 is 0. The summed E-state index contributed by atoms with van der Waals surface area (Å²) in [6.45, 7) is 1.48. The molecule has 1 aliphatic heterocycles. The molecule has 0 saturated carbocycles. The zero-order valence-corrected chi connectivity index (χ0v) is 12.9. The van der Waals surface area contributed by atoms with Gasteiger partial charge in [0.2, 0.25) is 0 Å². The zero-order chi connectivity index (χ0) is 15.6. The van der Waals surface area contributed by atoms with Crippen molar-refractivity contribution in [3.8, 4) is 5.69 Å². The average Bonchev–Trinajstić information content (AvgIpc) is 3.15. The lowest BCUT2D eigenvalue weighted by atomic mass is 9.99. The first kappa shape index (κ1) is 13.8. The number of amides is 1. The maximum atomic E-state index is 12.8. The molecule has 1 aliphatic rings. The maximum Gasteiger partial charge on any atom is 0.254 e. The van der Waals surface area contributed by atoms with Gasteiger partial charge in [-0.25, -0.2) is 0 Å². The van der Waals surface area contributed by atoms with Crippen LogP contribution in [0, 0.1) is 0 Å². The van der Waals surface area contributed by atoms with Crippen LogP contribution in [0.2, 0.25) is 0 Å². The lowest BCUT2D eigenvalue weighted by Gasteiger charge is -2.29. The van der Waals surface area contributed by atoms with Crippen LogP contribution in [-0.4, -0.2) is 21.9 Å². The largest absolute Gasteiger partial charge is 0.334 e. The minimum Gasteiger partial charge on any atom is -0.334 e. The van der Waals surface area contributed by atoms with Crippen molar-refractivity contribution in [1.82, 2.24) is 9.47 Å². The van der Waals surface area contributed by atoms with E-state index < -0.39 is 0 Å². The third-order valence-electron chi connectivity index (χ3n) is 4.41. The minimum atomic E-state index is 0.105. The van der Waals surface area contributed by atoms with Gasteiger partial charge in [0.05, 0.1) is 0 Å². The van der Waals surface area contributed by atoms with Gasteiger partial charge >= 0.3 is 0 Å². The smallest absolute Gasteiger partial charge is 0.254 e. The van der Waals surface area contributed by atoms with E-state index >= 15 is 0 Å². The Labute approximate surface area is 135 Å². The van der Waals surface area contributed by atoms with E-state index in [0.717, 1.165) is 24.2 Å². The molecule has 0 saturated heterocycles. The van der Waals surface area contributed by atoms with Crippen LogP contribution in [0.3, 0.4) is 0 Å². The third kappa shape index (κ3) is 2.66. The molecule has 0 atom stereocenters.